The molecule has 0 aliphatic rings. The zero-order valence-electron chi connectivity index (χ0n) is 9.87. The number of nitrogens with zero attached hydrogens (tertiary/aromatic N) is 4. The molecule has 0 saturated carbocycles. The minimum atomic E-state index is -0.657. The molecule has 9 heteroatoms. The van der Waals surface area contributed by atoms with Crippen molar-refractivity contribution in [1.29, 1.82) is 0 Å². The van der Waals surface area contributed by atoms with E-state index in [-0.39, 0.29) is 17.6 Å². The van der Waals surface area contributed by atoms with Gasteiger partial charge in [0.25, 0.3) is 5.88 Å². The molecule has 0 atom stereocenters. The van der Waals surface area contributed by atoms with Crippen LogP contribution < -0.4 is 4.74 Å². The van der Waals surface area contributed by atoms with Gasteiger partial charge in [0.15, 0.2) is 0 Å². The smallest absolute Gasteiger partial charge is 0.367 e. The van der Waals surface area contributed by atoms with E-state index in [1.165, 1.54) is 11.3 Å². The van der Waals surface area contributed by atoms with Crippen molar-refractivity contribution in [3.05, 3.63) is 37.7 Å². The van der Waals surface area contributed by atoms with E-state index in [9.17, 15) is 10.1 Å². The Morgan fingerprint density at radius 3 is 2.89 bits per heavy atom. The highest BCUT2D eigenvalue weighted by atomic mass is 35.5. The van der Waals surface area contributed by atoms with Crippen molar-refractivity contribution < 1.29 is 9.66 Å². The lowest BCUT2D eigenvalue weighted by Crippen LogP contribution is -2.06. The van der Waals surface area contributed by atoms with E-state index >= 15 is 0 Å². The normalized spacial score (nSPS) is 10.4. The molecule has 0 N–H and O–H groups in total. The molecule has 0 unspecified atom stereocenters. The lowest BCUT2D eigenvalue weighted by molar-refractivity contribution is -0.386. The fourth-order valence-corrected chi connectivity index (χ4v) is 2.36. The van der Waals surface area contributed by atoms with Crippen LogP contribution in [-0.4, -0.2) is 26.5 Å². The van der Waals surface area contributed by atoms with Gasteiger partial charge < -0.3 is 4.74 Å². The summed E-state index contributed by atoms with van der Waals surface area (Å²) in [5.41, 5.74) is 2.27. The largest absolute Gasteiger partial charge is 0.472 e. The second-order valence-corrected chi connectivity index (χ2v) is 4.83. The summed E-state index contributed by atoms with van der Waals surface area (Å²) in [7, 11) is 0. The molecule has 0 aromatic carbocycles. The van der Waals surface area contributed by atoms with E-state index in [1.54, 1.807) is 5.51 Å². The van der Waals surface area contributed by atoms with Gasteiger partial charge in [-0.25, -0.2) is 9.97 Å². The molecule has 0 spiro atoms. The SMILES string of the molecule is Cc1ncsc1CCOc1ncnc(Cl)c1[N+](=O)[O-]. The van der Waals surface area contributed by atoms with Crippen LogP contribution in [0.4, 0.5) is 5.69 Å². The van der Waals surface area contributed by atoms with Gasteiger partial charge in [-0.05, 0) is 6.92 Å². The summed E-state index contributed by atoms with van der Waals surface area (Å²) in [6, 6.07) is 0. The molecular weight excluding hydrogens is 292 g/mol. The van der Waals surface area contributed by atoms with Gasteiger partial charge in [0.05, 0.1) is 22.7 Å². The predicted octanol–water partition coefficient (Wildman–Crippen LogP) is 2.42. The average Bonchev–Trinajstić information content (AvgIpc) is 2.75. The van der Waals surface area contributed by atoms with Crippen LogP contribution in [0.1, 0.15) is 10.6 Å². The summed E-state index contributed by atoms with van der Waals surface area (Å²) in [5, 5.41) is 10.6. The molecule has 0 radical (unpaired) electrons. The molecule has 0 fully saturated rings. The first-order valence-corrected chi connectivity index (χ1v) is 6.52. The highest BCUT2D eigenvalue weighted by Gasteiger charge is 2.23. The summed E-state index contributed by atoms with van der Waals surface area (Å²) in [4.78, 5) is 22.7. The third-order valence-electron chi connectivity index (χ3n) is 2.34. The maximum absolute atomic E-state index is 10.8. The van der Waals surface area contributed by atoms with Gasteiger partial charge in [-0.3, -0.25) is 10.1 Å². The van der Waals surface area contributed by atoms with E-state index in [0.29, 0.717) is 6.42 Å². The quantitative estimate of drug-likeness (QED) is 0.478. The molecule has 0 aliphatic heterocycles. The monoisotopic (exact) mass is 300 g/mol. The van der Waals surface area contributed by atoms with Crippen LogP contribution >= 0.6 is 22.9 Å². The van der Waals surface area contributed by atoms with Crippen LogP contribution in [0.15, 0.2) is 11.8 Å². The van der Waals surface area contributed by atoms with Gasteiger partial charge in [0.2, 0.25) is 5.15 Å². The van der Waals surface area contributed by atoms with Crippen LogP contribution in [-0.2, 0) is 6.42 Å². The van der Waals surface area contributed by atoms with E-state index in [2.05, 4.69) is 15.0 Å². The van der Waals surface area contributed by atoms with Crippen LogP contribution in [0.3, 0.4) is 0 Å². The third-order valence-corrected chi connectivity index (χ3v) is 3.61. The van der Waals surface area contributed by atoms with Gasteiger partial charge in [0, 0.05) is 11.3 Å². The maximum atomic E-state index is 10.8. The Morgan fingerprint density at radius 2 is 2.26 bits per heavy atom. The molecule has 0 bridgehead atoms. The fraction of sp³-hybridized carbons (Fsp3) is 0.300. The van der Waals surface area contributed by atoms with Crippen molar-refractivity contribution in [3.63, 3.8) is 0 Å². The minimum Gasteiger partial charge on any atom is -0.472 e. The van der Waals surface area contributed by atoms with Gasteiger partial charge in [-0.15, -0.1) is 11.3 Å². The number of hydrogen-bond donors (Lipinski definition) is 0. The van der Waals surface area contributed by atoms with Crippen molar-refractivity contribution in [1.82, 2.24) is 15.0 Å². The van der Waals surface area contributed by atoms with Crippen LogP contribution in [0.2, 0.25) is 5.15 Å². The molecule has 2 rings (SSSR count). The van der Waals surface area contributed by atoms with Crippen molar-refractivity contribution in [2.45, 2.75) is 13.3 Å². The van der Waals surface area contributed by atoms with Crippen LogP contribution in [0.5, 0.6) is 5.88 Å². The molecule has 2 heterocycles. The molecule has 2 aromatic rings. The second kappa shape index (κ2) is 5.89. The lowest BCUT2D eigenvalue weighted by atomic mass is 10.3. The summed E-state index contributed by atoms with van der Waals surface area (Å²) >= 11 is 7.16. The molecule has 2 aromatic heterocycles. The highest BCUT2D eigenvalue weighted by Crippen LogP contribution is 2.30. The number of nitro groups is 1. The van der Waals surface area contributed by atoms with Crippen molar-refractivity contribution in [2.75, 3.05) is 6.61 Å². The third kappa shape index (κ3) is 3.15. The van der Waals surface area contributed by atoms with E-state index < -0.39 is 10.6 Å². The molecule has 0 saturated heterocycles. The lowest BCUT2D eigenvalue weighted by Gasteiger charge is -2.05. The van der Waals surface area contributed by atoms with Crippen molar-refractivity contribution in [2.24, 2.45) is 0 Å². The summed E-state index contributed by atoms with van der Waals surface area (Å²) in [6.07, 6.45) is 1.73. The van der Waals surface area contributed by atoms with Gasteiger partial charge in [-0.1, -0.05) is 11.6 Å². The Hall–Kier alpha value is -1.80. The van der Waals surface area contributed by atoms with E-state index in [1.807, 2.05) is 6.92 Å². The first-order chi connectivity index (χ1) is 9.09. The summed E-state index contributed by atoms with van der Waals surface area (Å²) in [5.74, 6) is -0.118. The molecule has 100 valence electrons. The first kappa shape index (κ1) is 13.6. The molecular formula is C10H9ClN4O3S. The highest BCUT2D eigenvalue weighted by molar-refractivity contribution is 7.09. The summed E-state index contributed by atoms with van der Waals surface area (Å²) in [6.45, 7) is 2.16. The fourth-order valence-electron chi connectivity index (χ4n) is 1.41. The topological polar surface area (TPSA) is 91.0 Å². The van der Waals surface area contributed by atoms with Crippen molar-refractivity contribution in [3.8, 4) is 5.88 Å². The predicted molar refractivity (Wildman–Crippen MR) is 69.7 cm³/mol. The Kier molecular flexibility index (Phi) is 4.23. The summed E-state index contributed by atoms with van der Waals surface area (Å²) < 4.78 is 5.31. The number of ether oxygens (including phenoxy) is 1. The number of hydrogen-bond acceptors (Lipinski definition) is 7. The van der Waals surface area contributed by atoms with Crippen LogP contribution in [0, 0.1) is 17.0 Å². The molecule has 0 aliphatic carbocycles. The van der Waals surface area contributed by atoms with Gasteiger partial charge in [-0.2, -0.15) is 4.98 Å². The first-order valence-electron chi connectivity index (χ1n) is 5.26. The van der Waals surface area contributed by atoms with Gasteiger partial charge in [0.1, 0.15) is 6.33 Å². The Bertz CT molecular complexity index is 604. The molecule has 19 heavy (non-hydrogen) atoms. The number of halogens is 1. The zero-order chi connectivity index (χ0) is 13.8. The zero-order valence-corrected chi connectivity index (χ0v) is 11.4. The molecule has 0 amide bonds. The minimum absolute atomic E-state index is 0.118. The number of thiazole rings is 1. The Morgan fingerprint density at radius 1 is 1.47 bits per heavy atom. The molecule has 7 nitrogen and oxygen atoms in total. The van der Waals surface area contributed by atoms with E-state index in [0.717, 1.165) is 16.9 Å². The maximum Gasteiger partial charge on any atom is 0.367 e. The van der Waals surface area contributed by atoms with Crippen molar-refractivity contribution >= 4 is 28.6 Å². The number of rotatable bonds is 5. The average molecular weight is 301 g/mol. The number of aryl methyl sites for hydroxylation is 1. The number of aromatic nitrogens is 3. The standard InChI is InChI=1S/C10H9ClN4O3S/c1-6-7(19-5-14-6)2-3-18-10-8(15(16)17)9(11)12-4-13-10/h4-5H,2-3H2,1H3. The second-order valence-electron chi connectivity index (χ2n) is 3.53. The Balaban J connectivity index is 2.06. The van der Waals surface area contributed by atoms with Gasteiger partial charge >= 0.3 is 5.69 Å². The Labute approximate surface area is 117 Å². The van der Waals surface area contributed by atoms with Crippen LogP contribution in [0.25, 0.3) is 0 Å². The van der Waals surface area contributed by atoms with E-state index in [4.69, 9.17) is 16.3 Å².